The SMILES string of the molecule is O=C(O)N[C@@H]1c2c(Cl)cccc2C[C@@H]1O. The zero-order valence-corrected chi connectivity index (χ0v) is 8.53. The van der Waals surface area contributed by atoms with Gasteiger partial charge in [-0.25, -0.2) is 4.79 Å². The fraction of sp³-hybridized carbons (Fsp3) is 0.300. The minimum Gasteiger partial charge on any atom is -0.465 e. The Bertz CT molecular complexity index is 408. The molecule has 80 valence electrons. The van der Waals surface area contributed by atoms with Crippen LogP contribution in [0.1, 0.15) is 17.2 Å². The van der Waals surface area contributed by atoms with Crippen LogP contribution in [-0.4, -0.2) is 22.4 Å². The molecule has 4 nitrogen and oxygen atoms in total. The highest BCUT2D eigenvalue weighted by molar-refractivity contribution is 6.31. The molecule has 2 atom stereocenters. The van der Waals surface area contributed by atoms with E-state index in [1.807, 2.05) is 6.07 Å². The number of hydrogen-bond donors (Lipinski definition) is 3. The number of carbonyl (C=O) groups is 1. The molecule has 0 aliphatic heterocycles. The van der Waals surface area contributed by atoms with Crippen molar-refractivity contribution in [3.63, 3.8) is 0 Å². The summed E-state index contributed by atoms with van der Waals surface area (Å²) in [6, 6.07) is 4.70. The van der Waals surface area contributed by atoms with Crippen LogP contribution >= 0.6 is 11.6 Å². The van der Waals surface area contributed by atoms with Crippen LogP contribution in [0.4, 0.5) is 4.79 Å². The first-order chi connectivity index (χ1) is 7.09. The largest absolute Gasteiger partial charge is 0.465 e. The summed E-state index contributed by atoms with van der Waals surface area (Å²) in [6.07, 6.45) is -1.47. The van der Waals surface area contributed by atoms with Crippen molar-refractivity contribution in [1.29, 1.82) is 0 Å². The molecule has 0 spiro atoms. The second-order valence-corrected chi connectivity index (χ2v) is 3.92. The summed E-state index contributed by atoms with van der Waals surface area (Å²) in [7, 11) is 0. The standard InChI is InChI=1S/C10H10ClNO3/c11-6-3-1-2-5-4-7(13)9(8(5)6)12-10(14)15/h1-3,7,9,12-13H,4H2,(H,14,15)/t7-,9-/m0/s1. The highest BCUT2D eigenvalue weighted by Gasteiger charge is 2.33. The Morgan fingerprint density at radius 2 is 2.27 bits per heavy atom. The molecular weight excluding hydrogens is 218 g/mol. The van der Waals surface area contributed by atoms with Gasteiger partial charge in [0.05, 0.1) is 12.1 Å². The lowest BCUT2D eigenvalue weighted by atomic mass is 10.1. The summed E-state index contributed by atoms with van der Waals surface area (Å²) in [4.78, 5) is 10.6. The van der Waals surface area contributed by atoms with E-state index in [2.05, 4.69) is 5.32 Å². The Hall–Kier alpha value is -1.26. The second-order valence-electron chi connectivity index (χ2n) is 3.51. The third-order valence-corrected chi connectivity index (χ3v) is 2.88. The summed E-state index contributed by atoms with van der Waals surface area (Å²) >= 11 is 5.97. The van der Waals surface area contributed by atoms with Crippen LogP contribution in [-0.2, 0) is 6.42 Å². The zero-order chi connectivity index (χ0) is 11.0. The van der Waals surface area contributed by atoms with E-state index in [0.717, 1.165) is 5.56 Å². The molecule has 0 heterocycles. The number of aliphatic hydroxyl groups is 1. The number of rotatable bonds is 1. The van der Waals surface area contributed by atoms with E-state index in [9.17, 15) is 9.90 Å². The molecule has 1 aliphatic rings. The first-order valence-electron chi connectivity index (χ1n) is 4.54. The van der Waals surface area contributed by atoms with Gasteiger partial charge in [-0.2, -0.15) is 0 Å². The average molecular weight is 228 g/mol. The first kappa shape index (κ1) is 10.3. The van der Waals surface area contributed by atoms with Crippen molar-refractivity contribution in [2.45, 2.75) is 18.6 Å². The number of aliphatic hydroxyl groups excluding tert-OH is 1. The lowest BCUT2D eigenvalue weighted by molar-refractivity contribution is 0.131. The Morgan fingerprint density at radius 1 is 1.53 bits per heavy atom. The molecule has 0 saturated carbocycles. The smallest absolute Gasteiger partial charge is 0.405 e. The van der Waals surface area contributed by atoms with Gasteiger partial charge in [0.15, 0.2) is 0 Å². The molecular formula is C10H10ClNO3. The molecule has 0 unspecified atom stereocenters. The van der Waals surface area contributed by atoms with Gasteiger partial charge in [0.2, 0.25) is 0 Å². The van der Waals surface area contributed by atoms with E-state index in [1.54, 1.807) is 12.1 Å². The van der Waals surface area contributed by atoms with Crippen LogP contribution in [0, 0.1) is 0 Å². The fourth-order valence-corrected chi connectivity index (χ4v) is 2.26. The van der Waals surface area contributed by atoms with Gasteiger partial charge in [-0.1, -0.05) is 23.7 Å². The highest BCUT2D eigenvalue weighted by atomic mass is 35.5. The Balaban J connectivity index is 2.39. The maximum absolute atomic E-state index is 10.6. The molecule has 0 aromatic heterocycles. The first-order valence-corrected chi connectivity index (χ1v) is 4.92. The van der Waals surface area contributed by atoms with E-state index >= 15 is 0 Å². The van der Waals surface area contributed by atoms with Crippen LogP contribution in [0.15, 0.2) is 18.2 Å². The number of fused-ring (bicyclic) bond motifs is 1. The molecule has 15 heavy (non-hydrogen) atoms. The van der Waals surface area contributed by atoms with Crippen molar-refractivity contribution in [1.82, 2.24) is 5.32 Å². The molecule has 1 aliphatic carbocycles. The zero-order valence-electron chi connectivity index (χ0n) is 7.77. The van der Waals surface area contributed by atoms with Crippen molar-refractivity contribution in [2.75, 3.05) is 0 Å². The lowest BCUT2D eigenvalue weighted by Gasteiger charge is -2.16. The number of halogens is 1. The molecule has 2 rings (SSSR count). The lowest BCUT2D eigenvalue weighted by Crippen LogP contribution is -2.32. The number of nitrogens with one attached hydrogen (secondary N) is 1. The normalized spacial score (nSPS) is 23.6. The summed E-state index contributed by atoms with van der Waals surface area (Å²) in [5.74, 6) is 0. The fourth-order valence-electron chi connectivity index (χ4n) is 1.94. The molecule has 5 heteroatoms. The number of benzene rings is 1. The summed E-state index contributed by atoms with van der Waals surface area (Å²) < 4.78 is 0. The van der Waals surface area contributed by atoms with Gasteiger partial charge in [0.1, 0.15) is 0 Å². The van der Waals surface area contributed by atoms with Crippen molar-refractivity contribution in [2.24, 2.45) is 0 Å². The molecule has 1 aromatic carbocycles. The van der Waals surface area contributed by atoms with Crippen LogP contribution in [0.25, 0.3) is 0 Å². The van der Waals surface area contributed by atoms with Crippen molar-refractivity contribution in [3.05, 3.63) is 34.3 Å². The van der Waals surface area contributed by atoms with Crippen LogP contribution < -0.4 is 5.32 Å². The highest BCUT2D eigenvalue weighted by Crippen LogP contribution is 2.36. The van der Waals surface area contributed by atoms with E-state index in [1.165, 1.54) is 0 Å². The van der Waals surface area contributed by atoms with Gasteiger partial charge >= 0.3 is 6.09 Å². The van der Waals surface area contributed by atoms with E-state index in [-0.39, 0.29) is 0 Å². The molecule has 1 aromatic rings. The summed E-state index contributed by atoms with van der Waals surface area (Å²) in [6.45, 7) is 0. The molecule has 3 N–H and O–H groups in total. The van der Waals surface area contributed by atoms with Gasteiger partial charge in [-0.15, -0.1) is 0 Å². The van der Waals surface area contributed by atoms with E-state index < -0.39 is 18.2 Å². The average Bonchev–Trinajstić information content (AvgIpc) is 2.43. The summed E-state index contributed by atoms with van der Waals surface area (Å²) in [5.41, 5.74) is 1.59. The van der Waals surface area contributed by atoms with Gasteiger partial charge in [-0.05, 0) is 17.2 Å². The molecule has 0 saturated heterocycles. The minimum atomic E-state index is -1.16. The monoisotopic (exact) mass is 227 g/mol. The van der Waals surface area contributed by atoms with Crippen molar-refractivity contribution < 1.29 is 15.0 Å². The van der Waals surface area contributed by atoms with Crippen LogP contribution in [0.3, 0.4) is 0 Å². The number of hydrogen-bond acceptors (Lipinski definition) is 2. The van der Waals surface area contributed by atoms with Gasteiger partial charge in [0.25, 0.3) is 0 Å². The third kappa shape index (κ3) is 1.78. The quantitative estimate of drug-likeness (QED) is 0.682. The van der Waals surface area contributed by atoms with Crippen molar-refractivity contribution >= 4 is 17.7 Å². The van der Waals surface area contributed by atoms with Gasteiger partial charge < -0.3 is 15.5 Å². The number of amides is 1. The predicted molar refractivity (Wildman–Crippen MR) is 55.1 cm³/mol. The molecule has 0 radical (unpaired) electrons. The van der Waals surface area contributed by atoms with E-state index in [0.29, 0.717) is 17.0 Å². The summed E-state index contributed by atoms with van der Waals surface area (Å²) in [5, 5.41) is 21.1. The third-order valence-electron chi connectivity index (χ3n) is 2.55. The topological polar surface area (TPSA) is 69.6 Å². The van der Waals surface area contributed by atoms with Gasteiger partial charge in [-0.3, -0.25) is 0 Å². The van der Waals surface area contributed by atoms with Crippen LogP contribution in [0.5, 0.6) is 0 Å². The van der Waals surface area contributed by atoms with E-state index in [4.69, 9.17) is 16.7 Å². The van der Waals surface area contributed by atoms with Crippen molar-refractivity contribution in [3.8, 4) is 0 Å². The molecule has 1 amide bonds. The molecule has 0 fully saturated rings. The Kier molecular flexibility index (Phi) is 2.54. The predicted octanol–water partition coefficient (Wildman–Crippen LogP) is 1.57. The van der Waals surface area contributed by atoms with Gasteiger partial charge in [0, 0.05) is 11.4 Å². The molecule has 0 bridgehead atoms. The number of carboxylic acid groups (broad SMARTS) is 1. The Labute approximate surface area is 91.5 Å². The maximum Gasteiger partial charge on any atom is 0.405 e. The van der Waals surface area contributed by atoms with Crippen LogP contribution in [0.2, 0.25) is 5.02 Å². The maximum atomic E-state index is 10.6. The minimum absolute atomic E-state index is 0.431. The Morgan fingerprint density at radius 3 is 2.93 bits per heavy atom. The second kappa shape index (κ2) is 3.72.